The molecule has 4 aromatic rings. The topological polar surface area (TPSA) is 117 Å². The Morgan fingerprint density at radius 1 is 1.02 bits per heavy atom. The van der Waals surface area contributed by atoms with E-state index in [1.807, 2.05) is 60.7 Å². The van der Waals surface area contributed by atoms with Gasteiger partial charge in [-0.05, 0) is 41.5 Å². The highest BCUT2D eigenvalue weighted by Crippen LogP contribution is 2.48. The van der Waals surface area contributed by atoms with E-state index < -0.39 is 11.3 Å². The average Bonchev–Trinajstić information content (AvgIpc) is 3.39. The largest absolute Gasteiger partial charge is 0.492 e. The number of hydrogen-bond acceptors (Lipinski definition) is 7. The van der Waals surface area contributed by atoms with E-state index in [4.69, 9.17) is 14.7 Å². The predicted octanol–water partition coefficient (Wildman–Crippen LogP) is 3.21. The maximum atomic E-state index is 14.4. The molecular formula is C34H35N5O6. The zero-order valence-corrected chi connectivity index (χ0v) is 25.1. The van der Waals surface area contributed by atoms with Crippen LogP contribution in [0.4, 0.5) is 4.79 Å². The SMILES string of the molecule is CN1C(=O)N2Cc3c(c4cc(OCCN5CCOCC5)ccc4n3Cc3ccc(C(=O)NO)cc3)[C@@](c3ccccc3)(C2)C1=O. The lowest BCUT2D eigenvalue weighted by Gasteiger charge is -2.49. The molecule has 2 saturated heterocycles. The molecule has 3 aromatic carbocycles. The zero-order valence-electron chi connectivity index (χ0n) is 25.1. The number of carbonyl (C=O) groups is 3. The molecule has 0 spiro atoms. The average molecular weight is 610 g/mol. The second-order valence-electron chi connectivity index (χ2n) is 11.8. The van der Waals surface area contributed by atoms with Gasteiger partial charge in [0.05, 0.1) is 19.8 Å². The van der Waals surface area contributed by atoms with Gasteiger partial charge in [-0.15, -0.1) is 0 Å². The smallest absolute Gasteiger partial charge is 0.326 e. The van der Waals surface area contributed by atoms with Crippen LogP contribution in [0.2, 0.25) is 0 Å². The van der Waals surface area contributed by atoms with Gasteiger partial charge in [-0.2, -0.15) is 0 Å². The Morgan fingerprint density at radius 3 is 2.51 bits per heavy atom. The fourth-order valence-corrected chi connectivity index (χ4v) is 7.00. The molecule has 0 unspecified atom stereocenters. The number of hydrogen-bond donors (Lipinski definition) is 2. The van der Waals surface area contributed by atoms with Crippen molar-refractivity contribution in [3.05, 3.63) is 101 Å². The third kappa shape index (κ3) is 4.93. The standard InChI is InChI=1S/C34H35N5O6/c1-36-32(41)34(25-5-3-2-4-6-25)22-38(33(36)42)21-29-30(34)27-19-26(45-18-15-37-13-16-44-17-14-37)11-12-28(27)39(29)20-23-7-9-24(10-8-23)31(40)35-43/h2-12,19,43H,13-18,20-22H2,1H3,(H,35,40)/t34-/m0/s1. The van der Waals surface area contributed by atoms with Crippen molar-refractivity contribution in [2.75, 3.05) is 53.0 Å². The van der Waals surface area contributed by atoms with Crippen LogP contribution in [-0.4, -0.2) is 95.4 Å². The molecule has 2 fully saturated rings. The lowest BCUT2D eigenvalue weighted by molar-refractivity contribution is -0.136. The molecule has 1 aromatic heterocycles. The van der Waals surface area contributed by atoms with Crippen molar-refractivity contribution < 1.29 is 29.1 Å². The van der Waals surface area contributed by atoms with E-state index in [1.165, 1.54) is 4.90 Å². The Morgan fingerprint density at radius 2 is 1.78 bits per heavy atom. The Labute approximate surface area is 260 Å². The Kier molecular flexibility index (Phi) is 7.52. The molecule has 2 N–H and O–H groups in total. The number of rotatable bonds is 8. The summed E-state index contributed by atoms with van der Waals surface area (Å²) in [6.07, 6.45) is 0. The predicted molar refractivity (Wildman–Crippen MR) is 165 cm³/mol. The molecule has 0 aliphatic carbocycles. The van der Waals surface area contributed by atoms with Crippen molar-refractivity contribution in [3.63, 3.8) is 0 Å². The third-order valence-electron chi connectivity index (χ3n) is 9.27. The number of nitrogens with one attached hydrogen (secondary N) is 1. The van der Waals surface area contributed by atoms with Gasteiger partial charge in [0.2, 0.25) is 5.91 Å². The number of benzene rings is 3. The molecule has 0 radical (unpaired) electrons. The van der Waals surface area contributed by atoms with E-state index in [9.17, 15) is 14.4 Å². The normalized spacial score (nSPS) is 20.0. The van der Waals surface area contributed by atoms with Gasteiger partial charge in [0, 0.05) is 67.5 Å². The maximum Gasteiger partial charge on any atom is 0.326 e. The minimum absolute atomic E-state index is 0.248. The molecule has 11 nitrogen and oxygen atoms in total. The molecular weight excluding hydrogens is 574 g/mol. The van der Waals surface area contributed by atoms with Gasteiger partial charge in [-0.25, -0.2) is 10.3 Å². The number of likely N-dealkylation sites (N-methyl/N-ethyl adjacent to an activating group) is 1. The van der Waals surface area contributed by atoms with Crippen LogP contribution in [0, 0.1) is 0 Å². The van der Waals surface area contributed by atoms with Gasteiger partial charge in [-0.3, -0.25) is 24.6 Å². The van der Waals surface area contributed by atoms with E-state index in [-0.39, 0.29) is 18.5 Å². The Balaban J connectivity index is 1.36. The molecule has 11 heteroatoms. The van der Waals surface area contributed by atoms with Crippen molar-refractivity contribution >= 4 is 28.7 Å². The minimum atomic E-state index is -1.10. The van der Waals surface area contributed by atoms with Crippen LogP contribution in [0.5, 0.6) is 5.75 Å². The summed E-state index contributed by atoms with van der Waals surface area (Å²) < 4.78 is 13.9. The number of hydroxylamine groups is 1. The lowest BCUT2D eigenvalue weighted by Crippen LogP contribution is -2.65. The summed E-state index contributed by atoms with van der Waals surface area (Å²) in [6.45, 7) is 5.57. The van der Waals surface area contributed by atoms with Gasteiger partial charge in [0.25, 0.3) is 5.91 Å². The van der Waals surface area contributed by atoms with Gasteiger partial charge >= 0.3 is 6.03 Å². The van der Waals surface area contributed by atoms with Gasteiger partial charge in [0.1, 0.15) is 17.8 Å². The third-order valence-corrected chi connectivity index (χ3v) is 9.27. The number of carbonyl (C=O) groups excluding carboxylic acids is 3. The minimum Gasteiger partial charge on any atom is -0.492 e. The van der Waals surface area contributed by atoms with Crippen molar-refractivity contribution in [3.8, 4) is 5.75 Å². The first-order valence-electron chi connectivity index (χ1n) is 15.1. The summed E-state index contributed by atoms with van der Waals surface area (Å²) in [5.74, 6) is -0.126. The van der Waals surface area contributed by atoms with Crippen LogP contribution >= 0.6 is 0 Å². The first-order chi connectivity index (χ1) is 21.9. The fourth-order valence-electron chi connectivity index (χ4n) is 7.00. The van der Waals surface area contributed by atoms with Crippen LogP contribution < -0.4 is 10.2 Å². The van der Waals surface area contributed by atoms with Crippen LogP contribution in [0.25, 0.3) is 10.9 Å². The number of fused-ring (bicyclic) bond motifs is 6. The molecule has 232 valence electrons. The second-order valence-corrected chi connectivity index (χ2v) is 11.8. The Bertz CT molecular complexity index is 1770. The summed E-state index contributed by atoms with van der Waals surface area (Å²) in [4.78, 5) is 45.0. The quantitative estimate of drug-likeness (QED) is 0.233. The van der Waals surface area contributed by atoms with Gasteiger partial charge in [-0.1, -0.05) is 42.5 Å². The first-order valence-corrected chi connectivity index (χ1v) is 15.1. The molecule has 3 aliphatic rings. The monoisotopic (exact) mass is 609 g/mol. The zero-order chi connectivity index (χ0) is 31.1. The molecule has 4 heterocycles. The highest BCUT2D eigenvalue weighted by atomic mass is 16.5. The highest BCUT2D eigenvalue weighted by molar-refractivity contribution is 6.09. The molecule has 0 saturated carbocycles. The number of aromatic nitrogens is 1. The van der Waals surface area contributed by atoms with Crippen molar-refractivity contribution in [2.45, 2.75) is 18.5 Å². The summed E-state index contributed by atoms with van der Waals surface area (Å²) in [6, 6.07) is 22.4. The van der Waals surface area contributed by atoms with Crippen molar-refractivity contribution in [2.24, 2.45) is 0 Å². The van der Waals surface area contributed by atoms with Crippen molar-refractivity contribution in [1.82, 2.24) is 24.7 Å². The fraction of sp³-hybridized carbons (Fsp3) is 0.324. The van der Waals surface area contributed by atoms with E-state index in [0.29, 0.717) is 31.0 Å². The lowest BCUT2D eigenvalue weighted by atomic mass is 9.69. The molecule has 1 atom stereocenters. The van der Waals surface area contributed by atoms with Gasteiger partial charge in [0.15, 0.2) is 0 Å². The van der Waals surface area contributed by atoms with Crippen LogP contribution in [0.1, 0.15) is 32.7 Å². The second kappa shape index (κ2) is 11.7. The summed E-state index contributed by atoms with van der Waals surface area (Å²) in [5.41, 5.74) is 5.35. The van der Waals surface area contributed by atoms with E-state index >= 15 is 0 Å². The van der Waals surface area contributed by atoms with Gasteiger partial charge < -0.3 is 18.9 Å². The van der Waals surface area contributed by atoms with E-state index in [2.05, 4.69) is 9.47 Å². The molecule has 45 heavy (non-hydrogen) atoms. The number of imide groups is 1. The number of morpholine rings is 1. The van der Waals surface area contributed by atoms with E-state index in [1.54, 1.807) is 29.6 Å². The van der Waals surface area contributed by atoms with E-state index in [0.717, 1.165) is 66.1 Å². The summed E-state index contributed by atoms with van der Waals surface area (Å²) in [5, 5.41) is 9.94. The van der Waals surface area contributed by atoms with Crippen LogP contribution in [0.3, 0.4) is 0 Å². The number of ether oxygens (including phenoxy) is 2. The molecule has 2 bridgehead atoms. The van der Waals surface area contributed by atoms with Crippen LogP contribution in [0.15, 0.2) is 72.8 Å². The maximum absolute atomic E-state index is 14.4. The van der Waals surface area contributed by atoms with Crippen molar-refractivity contribution in [1.29, 1.82) is 0 Å². The first kappa shape index (κ1) is 29.0. The number of nitrogens with zero attached hydrogens (tertiary/aromatic N) is 4. The molecule has 7 rings (SSSR count). The summed E-state index contributed by atoms with van der Waals surface area (Å²) in [7, 11) is 1.56. The highest BCUT2D eigenvalue weighted by Gasteiger charge is 2.56. The number of amides is 4. The molecule has 4 amide bonds. The molecule has 3 aliphatic heterocycles. The summed E-state index contributed by atoms with van der Waals surface area (Å²) >= 11 is 0. The van der Waals surface area contributed by atoms with Crippen LogP contribution in [-0.2, 0) is 28.0 Å². The number of urea groups is 1. The Hall–Kier alpha value is -4.71.